The van der Waals surface area contributed by atoms with Crippen LogP contribution in [0.15, 0.2) is 52.9 Å². The zero-order valence-corrected chi connectivity index (χ0v) is 14.5. The number of anilines is 1. The second-order valence-electron chi connectivity index (χ2n) is 6.15. The Kier molecular flexibility index (Phi) is 4.06. The molecule has 0 bridgehead atoms. The summed E-state index contributed by atoms with van der Waals surface area (Å²) in [4.78, 5) is 0. The van der Waals surface area contributed by atoms with Gasteiger partial charge in [0.2, 0.25) is 5.88 Å². The molecule has 1 fully saturated rings. The monoisotopic (exact) mass is 355 g/mol. The lowest BCUT2D eigenvalue weighted by Gasteiger charge is -2.08. The first-order valence-electron chi connectivity index (χ1n) is 8.18. The van der Waals surface area contributed by atoms with Gasteiger partial charge in [-0.05, 0) is 36.6 Å². The first kappa shape index (κ1) is 15.9. The zero-order chi connectivity index (χ0) is 17.4. The Morgan fingerprint density at radius 3 is 2.56 bits per heavy atom. The van der Waals surface area contributed by atoms with Gasteiger partial charge in [-0.25, -0.2) is 0 Å². The molecule has 0 unspecified atom stereocenters. The zero-order valence-electron chi connectivity index (χ0n) is 13.8. The highest BCUT2D eigenvalue weighted by atomic mass is 35.5. The molecule has 1 aliphatic rings. The Hall–Kier alpha value is -2.59. The van der Waals surface area contributed by atoms with Crippen molar-refractivity contribution in [2.24, 2.45) is 0 Å². The van der Waals surface area contributed by atoms with E-state index in [4.69, 9.17) is 20.8 Å². The van der Waals surface area contributed by atoms with Crippen LogP contribution in [0.1, 0.15) is 12.8 Å². The van der Waals surface area contributed by atoms with E-state index in [-0.39, 0.29) is 5.75 Å². The van der Waals surface area contributed by atoms with E-state index in [1.165, 1.54) is 0 Å². The highest BCUT2D eigenvalue weighted by Crippen LogP contribution is 2.48. The van der Waals surface area contributed by atoms with Crippen LogP contribution in [0.4, 0.5) is 5.88 Å². The lowest BCUT2D eigenvalue weighted by molar-refractivity contribution is 0.415. The van der Waals surface area contributed by atoms with Crippen molar-refractivity contribution in [3.63, 3.8) is 0 Å². The van der Waals surface area contributed by atoms with Gasteiger partial charge in [0.05, 0.1) is 12.7 Å². The van der Waals surface area contributed by atoms with Crippen molar-refractivity contribution in [3.05, 3.63) is 53.6 Å². The maximum atomic E-state index is 10.9. The highest BCUT2D eigenvalue weighted by molar-refractivity contribution is 6.31. The quantitative estimate of drug-likeness (QED) is 0.629. The molecule has 0 aliphatic heterocycles. The molecule has 1 saturated carbocycles. The average molecular weight is 356 g/mol. The van der Waals surface area contributed by atoms with Gasteiger partial charge in [0.1, 0.15) is 5.75 Å². The number of ether oxygens (including phenoxy) is 1. The molecule has 5 heteroatoms. The van der Waals surface area contributed by atoms with Crippen LogP contribution in [-0.2, 0) is 0 Å². The van der Waals surface area contributed by atoms with Gasteiger partial charge in [-0.15, -0.1) is 0 Å². The van der Waals surface area contributed by atoms with E-state index in [2.05, 4.69) is 5.32 Å². The van der Waals surface area contributed by atoms with E-state index in [9.17, 15) is 5.11 Å². The molecule has 2 aromatic carbocycles. The van der Waals surface area contributed by atoms with E-state index < -0.39 is 0 Å². The number of furan rings is 1. The molecule has 1 aliphatic carbocycles. The van der Waals surface area contributed by atoms with E-state index in [1.54, 1.807) is 19.2 Å². The molecule has 0 amide bonds. The first-order chi connectivity index (χ1) is 12.2. The van der Waals surface area contributed by atoms with Gasteiger partial charge in [-0.2, -0.15) is 0 Å². The number of nitrogens with one attached hydrogen (secondary N) is 1. The lowest BCUT2D eigenvalue weighted by Crippen LogP contribution is -2.00. The van der Waals surface area contributed by atoms with Crippen LogP contribution in [0.2, 0.25) is 5.02 Å². The average Bonchev–Trinajstić information content (AvgIpc) is 3.37. The van der Waals surface area contributed by atoms with Crippen molar-refractivity contribution in [3.8, 4) is 33.9 Å². The third kappa shape index (κ3) is 3.17. The minimum Gasteiger partial charge on any atom is -0.504 e. The number of methoxy groups -OCH3 is 1. The van der Waals surface area contributed by atoms with Gasteiger partial charge in [0.15, 0.2) is 11.5 Å². The number of hydrogen-bond acceptors (Lipinski definition) is 4. The van der Waals surface area contributed by atoms with Crippen LogP contribution in [0.3, 0.4) is 0 Å². The van der Waals surface area contributed by atoms with E-state index in [0.29, 0.717) is 34.0 Å². The van der Waals surface area contributed by atoms with E-state index in [0.717, 1.165) is 24.0 Å². The van der Waals surface area contributed by atoms with Crippen LogP contribution < -0.4 is 10.1 Å². The van der Waals surface area contributed by atoms with Gasteiger partial charge < -0.3 is 19.6 Å². The largest absolute Gasteiger partial charge is 0.504 e. The van der Waals surface area contributed by atoms with Crippen LogP contribution in [0, 0.1) is 0 Å². The van der Waals surface area contributed by atoms with Gasteiger partial charge in [0.25, 0.3) is 0 Å². The standard InChI is InChI=1S/C20H18ClNO3/c1-24-16-10-13(9-14(21)11-16)17-18(23)19(12-5-3-2-4-6-12)25-20(17)22-15-7-8-15/h2-6,9-11,15,22-23H,7-8H2,1H3. The fourth-order valence-corrected chi connectivity index (χ4v) is 3.04. The molecule has 0 saturated heterocycles. The summed E-state index contributed by atoms with van der Waals surface area (Å²) < 4.78 is 11.3. The number of aromatic hydroxyl groups is 1. The third-order valence-corrected chi connectivity index (χ3v) is 4.45. The normalized spacial score (nSPS) is 13.7. The second kappa shape index (κ2) is 6.37. The molecule has 0 atom stereocenters. The minimum atomic E-state index is 0.0960. The number of benzene rings is 2. The maximum Gasteiger partial charge on any atom is 0.205 e. The lowest BCUT2D eigenvalue weighted by atomic mass is 10.0. The summed E-state index contributed by atoms with van der Waals surface area (Å²) in [6.45, 7) is 0. The Morgan fingerprint density at radius 1 is 1.12 bits per heavy atom. The van der Waals surface area contributed by atoms with Crippen molar-refractivity contribution >= 4 is 17.5 Å². The maximum absolute atomic E-state index is 10.9. The van der Waals surface area contributed by atoms with Crippen LogP contribution >= 0.6 is 11.6 Å². The molecular weight excluding hydrogens is 338 g/mol. The van der Waals surface area contributed by atoms with Crippen molar-refractivity contribution in [1.82, 2.24) is 0 Å². The Balaban J connectivity index is 1.88. The van der Waals surface area contributed by atoms with Gasteiger partial charge >= 0.3 is 0 Å². The topological polar surface area (TPSA) is 54.6 Å². The summed E-state index contributed by atoms with van der Waals surface area (Å²) >= 11 is 6.21. The molecule has 2 N–H and O–H groups in total. The summed E-state index contributed by atoms with van der Waals surface area (Å²) in [7, 11) is 1.59. The number of rotatable bonds is 5. The molecular formula is C20H18ClNO3. The SMILES string of the molecule is COc1cc(Cl)cc(-c2c(NC3CC3)oc(-c3ccccc3)c2O)c1. The van der Waals surface area contributed by atoms with E-state index >= 15 is 0 Å². The van der Waals surface area contributed by atoms with Crippen molar-refractivity contribution in [2.75, 3.05) is 12.4 Å². The van der Waals surface area contributed by atoms with Crippen LogP contribution in [0.25, 0.3) is 22.5 Å². The fourth-order valence-electron chi connectivity index (χ4n) is 2.82. The van der Waals surface area contributed by atoms with Gasteiger partial charge in [0, 0.05) is 16.6 Å². The number of halogens is 1. The minimum absolute atomic E-state index is 0.0960. The highest BCUT2D eigenvalue weighted by Gasteiger charge is 2.28. The molecule has 4 rings (SSSR count). The summed E-state index contributed by atoms with van der Waals surface area (Å²) in [6.07, 6.45) is 2.20. The first-order valence-corrected chi connectivity index (χ1v) is 8.56. The van der Waals surface area contributed by atoms with E-state index in [1.807, 2.05) is 36.4 Å². The summed E-state index contributed by atoms with van der Waals surface area (Å²) in [5.41, 5.74) is 2.17. The molecule has 25 heavy (non-hydrogen) atoms. The predicted molar refractivity (Wildman–Crippen MR) is 99.5 cm³/mol. The molecule has 128 valence electrons. The van der Waals surface area contributed by atoms with Crippen molar-refractivity contribution in [2.45, 2.75) is 18.9 Å². The van der Waals surface area contributed by atoms with Crippen molar-refractivity contribution < 1.29 is 14.3 Å². The Bertz CT molecular complexity index is 901. The van der Waals surface area contributed by atoms with Gasteiger partial charge in [-0.1, -0.05) is 41.9 Å². The molecule has 0 radical (unpaired) electrons. The van der Waals surface area contributed by atoms with Crippen molar-refractivity contribution in [1.29, 1.82) is 0 Å². The summed E-state index contributed by atoms with van der Waals surface area (Å²) in [6, 6.07) is 15.3. The fraction of sp³-hybridized carbons (Fsp3) is 0.200. The van der Waals surface area contributed by atoms with Crippen LogP contribution in [0.5, 0.6) is 11.5 Å². The summed E-state index contributed by atoms with van der Waals surface area (Å²) in [5.74, 6) is 1.72. The molecule has 3 aromatic rings. The molecule has 0 spiro atoms. The molecule has 1 heterocycles. The van der Waals surface area contributed by atoms with Crippen LogP contribution in [-0.4, -0.2) is 18.3 Å². The second-order valence-corrected chi connectivity index (χ2v) is 6.58. The predicted octanol–water partition coefficient (Wildman–Crippen LogP) is 5.56. The molecule has 1 aromatic heterocycles. The summed E-state index contributed by atoms with van der Waals surface area (Å²) in [5, 5.41) is 14.8. The third-order valence-electron chi connectivity index (χ3n) is 4.23. The number of hydrogen-bond donors (Lipinski definition) is 2. The smallest absolute Gasteiger partial charge is 0.205 e. The molecule has 4 nitrogen and oxygen atoms in total. The van der Waals surface area contributed by atoms with Gasteiger partial charge in [-0.3, -0.25) is 0 Å². The Labute approximate surface area is 151 Å². The Morgan fingerprint density at radius 2 is 1.88 bits per heavy atom.